The Hall–Kier alpha value is -2.91. The number of carboxylic acid groups (broad SMARTS) is 1. The lowest BCUT2D eigenvalue weighted by atomic mass is 10.1. The van der Waals surface area contributed by atoms with Gasteiger partial charge >= 0.3 is 6.09 Å². The second-order valence-electron chi connectivity index (χ2n) is 6.80. The van der Waals surface area contributed by atoms with Gasteiger partial charge in [-0.3, -0.25) is 4.79 Å². The quantitative estimate of drug-likeness (QED) is 0.413. The van der Waals surface area contributed by atoms with Crippen molar-refractivity contribution in [1.29, 1.82) is 0 Å². The average Bonchev–Trinajstić information content (AvgIpc) is 2.72. The SMILES string of the molecule is COc1ccc(C(=O)CCCCN(CCc2ccccc2)C(=O)O)cc1S(N)(=O)=O. The predicted octanol–water partition coefficient (Wildman–Crippen LogP) is 2.92. The van der Waals surface area contributed by atoms with Crippen LogP contribution in [0.5, 0.6) is 5.75 Å². The molecule has 0 unspecified atom stereocenters. The first-order valence-electron chi connectivity index (χ1n) is 9.48. The number of nitrogens with zero attached hydrogens (tertiary/aromatic N) is 1. The van der Waals surface area contributed by atoms with Gasteiger partial charge in [-0.15, -0.1) is 0 Å². The molecule has 1 amide bonds. The molecular formula is C21H26N2O6S. The summed E-state index contributed by atoms with van der Waals surface area (Å²) in [6, 6.07) is 13.7. The van der Waals surface area contributed by atoms with E-state index >= 15 is 0 Å². The lowest BCUT2D eigenvalue weighted by molar-refractivity contribution is 0.0978. The van der Waals surface area contributed by atoms with Crippen LogP contribution in [0, 0.1) is 0 Å². The largest absolute Gasteiger partial charge is 0.495 e. The van der Waals surface area contributed by atoms with Crippen LogP contribution in [-0.4, -0.2) is 50.5 Å². The fraction of sp³-hybridized carbons (Fsp3) is 0.333. The number of hydrogen-bond acceptors (Lipinski definition) is 5. The number of methoxy groups -OCH3 is 1. The van der Waals surface area contributed by atoms with E-state index in [9.17, 15) is 23.1 Å². The third-order valence-corrected chi connectivity index (χ3v) is 5.59. The first kappa shape index (κ1) is 23.4. The fourth-order valence-electron chi connectivity index (χ4n) is 3.02. The maximum Gasteiger partial charge on any atom is 0.407 e. The number of Topliss-reactive ketones (excluding diaryl/α,β-unsaturated/α-hetero) is 1. The van der Waals surface area contributed by atoms with Crippen molar-refractivity contribution < 1.29 is 27.9 Å². The summed E-state index contributed by atoms with van der Waals surface area (Å²) in [7, 11) is -2.71. The van der Waals surface area contributed by atoms with Gasteiger partial charge in [0.1, 0.15) is 10.6 Å². The molecule has 162 valence electrons. The predicted molar refractivity (Wildman–Crippen MR) is 112 cm³/mol. The van der Waals surface area contributed by atoms with Gasteiger partial charge in [0.25, 0.3) is 0 Å². The molecule has 8 nitrogen and oxygen atoms in total. The van der Waals surface area contributed by atoms with Crippen LogP contribution in [0.4, 0.5) is 4.79 Å². The second-order valence-corrected chi connectivity index (χ2v) is 8.33. The zero-order valence-corrected chi connectivity index (χ0v) is 17.6. The van der Waals surface area contributed by atoms with Crippen LogP contribution < -0.4 is 9.88 Å². The van der Waals surface area contributed by atoms with Crippen molar-refractivity contribution >= 4 is 21.9 Å². The molecule has 0 heterocycles. The van der Waals surface area contributed by atoms with Crippen molar-refractivity contribution in [3.8, 4) is 5.75 Å². The molecule has 2 aromatic rings. The average molecular weight is 435 g/mol. The summed E-state index contributed by atoms with van der Waals surface area (Å²) in [5.41, 5.74) is 1.28. The molecule has 0 aliphatic rings. The van der Waals surface area contributed by atoms with Crippen molar-refractivity contribution in [1.82, 2.24) is 4.90 Å². The van der Waals surface area contributed by atoms with Crippen molar-refractivity contribution in [2.24, 2.45) is 5.14 Å². The minimum absolute atomic E-state index is 0.0737. The van der Waals surface area contributed by atoms with Gasteiger partial charge in [0.15, 0.2) is 5.78 Å². The molecule has 0 bridgehead atoms. The molecule has 0 aromatic heterocycles. The summed E-state index contributed by atoms with van der Waals surface area (Å²) in [4.78, 5) is 24.9. The van der Waals surface area contributed by atoms with E-state index in [-0.39, 0.29) is 28.4 Å². The number of unbranched alkanes of at least 4 members (excludes halogenated alkanes) is 1. The van der Waals surface area contributed by atoms with Gasteiger partial charge in [-0.1, -0.05) is 30.3 Å². The van der Waals surface area contributed by atoms with Crippen LogP contribution in [0.25, 0.3) is 0 Å². The third-order valence-electron chi connectivity index (χ3n) is 4.66. The summed E-state index contributed by atoms with van der Waals surface area (Å²) in [5, 5.41) is 14.5. The van der Waals surface area contributed by atoms with Crippen molar-refractivity contribution in [3.63, 3.8) is 0 Å². The van der Waals surface area contributed by atoms with Crippen LogP contribution >= 0.6 is 0 Å². The standard InChI is InChI=1S/C21H26N2O6S/c1-29-19-11-10-17(15-20(19)30(22,27)28)18(24)9-5-6-13-23(21(25)26)14-12-16-7-3-2-4-8-16/h2-4,7-8,10-11,15H,5-6,9,12-14H2,1H3,(H,25,26)(H2,22,27,28). The summed E-state index contributed by atoms with van der Waals surface area (Å²) < 4.78 is 28.3. The summed E-state index contributed by atoms with van der Waals surface area (Å²) in [6.07, 6.45) is 0.789. The molecule has 30 heavy (non-hydrogen) atoms. The number of carbonyl (C=O) groups excluding carboxylic acids is 1. The zero-order chi connectivity index (χ0) is 22.1. The van der Waals surface area contributed by atoms with E-state index in [0.717, 1.165) is 5.56 Å². The zero-order valence-electron chi connectivity index (χ0n) is 16.8. The molecule has 2 aromatic carbocycles. The number of primary sulfonamides is 1. The Morgan fingerprint density at radius 2 is 1.77 bits per heavy atom. The second kappa shape index (κ2) is 10.7. The monoisotopic (exact) mass is 434 g/mol. The van der Waals surface area contributed by atoms with Crippen molar-refractivity contribution in [2.75, 3.05) is 20.2 Å². The molecule has 9 heteroatoms. The van der Waals surface area contributed by atoms with Crippen LogP contribution in [0.1, 0.15) is 35.2 Å². The Morgan fingerprint density at radius 3 is 2.37 bits per heavy atom. The lowest BCUT2D eigenvalue weighted by Crippen LogP contribution is -2.32. The number of benzene rings is 2. The molecule has 0 radical (unpaired) electrons. The molecule has 0 spiro atoms. The number of rotatable bonds is 11. The van der Waals surface area contributed by atoms with Crippen LogP contribution in [0.15, 0.2) is 53.4 Å². The van der Waals surface area contributed by atoms with Crippen molar-refractivity contribution in [3.05, 3.63) is 59.7 Å². The van der Waals surface area contributed by atoms with E-state index in [0.29, 0.717) is 32.4 Å². The van der Waals surface area contributed by atoms with E-state index in [1.54, 1.807) is 0 Å². The molecule has 0 saturated carbocycles. The molecule has 3 N–H and O–H groups in total. The highest BCUT2D eigenvalue weighted by molar-refractivity contribution is 7.89. The molecule has 0 atom stereocenters. The van der Waals surface area contributed by atoms with E-state index in [1.165, 1.54) is 30.2 Å². The Bertz CT molecular complexity index is 976. The highest BCUT2D eigenvalue weighted by atomic mass is 32.2. The van der Waals surface area contributed by atoms with Gasteiger partial charge in [-0.2, -0.15) is 0 Å². The number of nitrogens with two attached hydrogens (primary N) is 1. The van der Waals surface area contributed by atoms with Crippen LogP contribution in [0.2, 0.25) is 0 Å². The smallest absolute Gasteiger partial charge is 0.407 e. The normalized spacial score (nSPS) is 11.1. The number of hydrogen-bond donors (Lipinski definition) is 2. The van der Waals surface area contributed by atoms with E-state index in [1.807, 2.05) is 30.3 Å². The maximum absolute atomic E-state index is 12.4. The minimum Gasteiger partial charge on any atom is -0.495 e. The fourth-order valence-corrected chi connectivity index (χ4v) is 3.74. The summed E-state index contributed by atoms with van der Waals surface area (Å²) in [6.45, 7) is 0.698. The van der Waals surface area contributed by atoms with E-state index in [2.05, 4.69) is 0 Å². The van der Waals surface area contributed by atoms with E-state index < -0.39 is 16.1 Å². The topological polar surface area (TPSA) is 127 Å². The van der Waals surface area contributed by atoms with Gasteiger partial charge in [0.2, 0.25) is 10.0 Å². The molecular weight excluding hydrogens is 408 g/mol. The molecule has 0 aliphatic heterocycles. The Balaban J connectivity index is 1.88. The van der Waals surface area contributed by atoms with Gasteiger partial charge in [0.05, 0.1) is 7.11 Å². The summed E-state index contributed by atoms with van der Waals surface area (Å²) in [5.74, 6) is -0.168. The number of sulfonamides is 1. The molecule has 0 saturated heterocycles. The number of ether oxygens (including phenoxy) is 1. The Kier molecular flexibility index (Phi) is 8.37. The molecule has 2 rings (SSSR count). The third kappa shape index (κ3) is 6.85. The molecule has 0 aliphatic carbocycles. The number of ketones is 1. The first-order chi connectivity index (χ1) is 14.2. The van der Waals surface area contributed by atoms with Gasteiger partial charge < -0.3 is 14.7 Å². The van der Waals surface area contributed by atoms with Gasteiger partial charge in [0, 0.05) is 25.1 Å². The van der Waals surface area contributed by atoms with Crippen LogP contribution in [0.3, 0.4) is 0 Å². The van der Waals surface area contributed by atoms with E-state index in [4.69, 9.17) is 9.88 Å². The first-order valence-corrected chi connectivity index (χ1v) is 11.0. The van der Waals surface area contributed by atoms with Crippen molar-refractivity contribution in [2.45, 2.75) is 30.6 Å². The highest BCUT2D eigenvalue weighted by Gasteiger charge is 2.18. The Morgan fingerprint density at radius 1 is 1.07 bits per heavy atom. The van der Waals surface area contributed by atoms with Gasteiger partial charge in [-0.05, 0) is 43.0 Å². The summed E-state index contributed by atoms with van der Waals surface area (Å²) >= 11 is 0. The number of carbonyl (C=O) groups is 2. The minimum atomic E-state index is -4.03. The maximum atomic E-state index is 12.4. The lowest BCUT2D eigenvalue weighted by Gasteiger charge is -2.19. The highest BCUT2D eigenvalue weighted by Crippen LogP contribution is 2.24. The van der Waals surface area contributed by atoms with Gasteiger partial charge in [-0.25, -0.2) is 18.4 Å². The molecule has 0 fully saturated rings. The Labute approximate surface area is 176 Å². The van der Waals surface area contributed by atoms with Crippen LogP contribution in [-0.2, 0) is 16.4 Å². The number of amides is 1.